The van der Waals surface area contributed by atoms with Crippen LogP contribution < -0.4 is 0 Å². The van der Waals surface area contributed by atoms with Crippen molar-refractivity contribution in [2.24, 2.45) is 0 Å². The standard InChI is InChI=1S/C45H32O2/c1-27-23-30(15-19-34(27)32-17-21-44-40(25-32)38-9-4-6-13-42(38)46-44)36-11-8-12-37(29(36)3)31-16-20-35(28(2)24-31)33-18-22-45-41(26-33)39-10-5-7-14-43(39)47-45/h4-26H,1-3H3. The predicted molar refractivity (Wildman–Crippen MR) is 197 cm³/mol. The molecule has 0 amide bonds. The molecular formula is C45H32O2. The molecule has 2 heteroatoms. The third-order valence-corrected chi connectivity index (χ3v) is 9.78. The van der Waals surface area contributed by atoms with Gasteiger partial charge in [0.1, 0.15) is 22.3 Å². The van der Waals surface area contributed by atoms with Gasteiger partial charge in [-0.25, -0.2) is 0 Å². The zero-order chi connectivity index (χ0) is 31.6. The van der Waals surface area contributed by atoms with Crippen LogP contribution in [0.4, 0.5) is 0 Å². The highest BCUT2D eigenvalue weighted by molar-refractivity contribution is 6.07. The van der Waals surface area contributed by atoms with Crippen LogP contribution in [-0.2, 0) is 0 Å². The lowest BCUT2D eigenvalue weighted by atomic mass is 9.89. The molecule has 0 saturated carbocycles. The van der Waals surface area contributed by atoms with Gasteiger partial charge in [0.05, 0.1) is 0 Å². The Morgan fingerprint density at radius 2 is 0.723 bits per heavy atom. The molecule has 9 aromatic rings. The molecule has 0 spiro atoms. The first-order valence-corrected chi connectivity index (χ1v) is 16.2. The van der Waals surface area contributed by atoms with Crippen LogP contribution >= 0.6 is 0 Å². The molecule has 9 rings (SSSR count). The summed E-state index contributed by atoms with van der Waals surface area (Å²) in [5.74, 6) is 0. The van der Waals surface area contributed by atoms with E-state index in [0.29, 0.717) is 0 Å². The second-order valence-corrected chi connectivity index (χ2v) is 12.7. The van der Waals surface area contributed by atoms with Gasteiger partial charge >= 0.3 is 0 Å². The fourth-order valence-corrected chi connectivity index (χ4v) is 7.36. The molecule has 0 atom stereocenters. The molecule has 2 nitrogen and oxygen atoms in total. The minimum absolute atomic E-state index is 0.924. The van der Waals surface area contributed by atoms with Crippen LogP contribution in [0.15, 0.2) is 148 Å². The monoisotopic (exact) mass is 604 g/mol. The first kappa shape index (κ1) is 27.5. The molecule has 0 saturated heterocycles. The van der Waals surface area contributed by atoms with Crippen molar-refractivity contribution in [3.63, 3.8) is 0 Å². The Hall–Kier alpha value is -5.86. The van der Waals surface area contributed by atoms with Crippen LogP contribution in [-0.4, -0.2) is 0 Å². The molecule has 0 N–H and O–H groups in total. The van der Waals surface area contributed by atoms with Gasteiger partial charge in [0.2, 0.25) is 0 Å². The van der Waals surface area contributed by atoms with E-state index in [2.05, 4.69) is 136 Å². The van der Waals surface area contributed by atoms with Gasteiger partial charge in [0.15, 0.2) is 0 Å². The SMILES string of the molecule is Cc1cc(-c2cccc(-c3ccc(-c4ccc5oc6ccccc6c5c4)c(C)c3)c2C)ccc1-c1ccc2oc3ccccc3c2c1. The topological polar surface area (TPSA) is 26.3 Å². The molecule has 0 bridgehead atoms. The highest BCUT2D eigenvalue weighted by atomic mass is 16.3. The van der Waals surface area contributed by atoms with Gasteiger partial charge in [0.25, 0.3) is 0 Å². The number of hydrogen-bond donors (Lipinski definition) is 0. The highest BCUT2D eigenvalue weighted by Crippen LogP contribution is 2.39. The van der Waals surface area contributed by atoms with Gasteiger partial charge in [-0.2, -0.15) is 0 Å². The van der Waals surface area contributed by atoms with Gasteiger partial charge in [-0.3, -0.25) is 0 Å². The summed E-state index contributed by atoms with van der Waals surface area (Å²) in [5, 5.41) is 4.62. The van der Waals surface area contributed by atoms with E-state index in [1.54, 1.807) is 0 Å². The van der Waals surface area contributed by atoms with E-state index in [9.17, 15) is 0 Å². The summed E-state index contributed by atoms with van der Waals surface area (Å²) in [7, 11) is 0. The van der Waals surface area contributed by atoms with Crippen molar-refractivity contribution in [3.05, 3.63) is 156 Å². The lowest BCUT2D eigenvalue weighted by Crippen LogP contribution is -1.92. The molecule has 0 aliphatic carbocycles. The molecule has 0 unspecified atom stereocenters. The first-order valence-electron chi connectivity index (χ1n) is 16.2. The summed E-state index contributed by atoms with van der Waals surface area (Å²) < 4.78 is 12.1. The molecule has 0 aliphatic heterocycles. The largest absolute Gasteiger partial charge is 0.456 e. The Labute approximate surface area is 273 Å². The molecule has 0 aliphatic rings. The summed E-state index contributed by atoms with van der Waals surface area (Å²) in [6.45, 7) is 6.66. The smallest absolute Gasteiger partial charge is 0.135 e. The highest BCUT2D eigenvalue weighted by Gasteiger charge is 2.14. The van der Waals surface area contributed by atoms with E-state index < -0.39 is 0 Å². The van der Waals surface area contributed by atoms with Crippen molar-refractivity contribution in [2.45, 2.75) is 20.8 Å². The molecule has 0 radical (unpaired) electrons. The minimum atomic E-state index is 0.924. The quantitative estimate of drug-likeness (QED) is 0.200. The van der Waals surface area contributed by atoms with Crippen LogP contribution in [0.25, 0.3) is 88.4 Å². The number of benzene rings is 7. The molecule has 2 aromatic heterocycles. The fourth-order valence-electron chi connectivity index (χ4n) is 7.36. The number of hydrogen-bond acceptors (Lipinski definition) is 2. The van der Waals surface area contributed by atoms with Crippen molar-refractivity contribution in [1.29, 1.82) is 0 Å². The second-order valence-electron chi connectivity index (χ2n) is 12.7. The number of fused-ring (bicyclic) bond motifs is 6. The van der Waals surface area contributed by atoms with Crippen molar-refractivity contribution in [1.82, 2.24) is 0 Å². The lowest BCUT2D eigenvalue weighted by Gasteiger charge is -2.16. The second kappa shape index (κ2) is 10.6. The third kappa shape index (κ3) is 4.48. The Morgan fingerprint density at radius 1 is 0.319 bits per heavy atom. The molecule has 0 fully saturated rings. The van der Waals surface area contributed by atoms with Crippen molar-refractivity contribution in [2.75, 3.05) is 0 Å². The predicted octanol–water partition coefficient (Wildman–Crippen LogP) is 13.1. The van der Waals surface area contributed by atoms with E-state index in [0.717, 1.165) is 43.9 Å². The maximum atomic E-state index is 6.07. The van der Waals surface area contributed by atoms with E-state index in [1.165, 1.54) is 61.2 Å². The van der Waals surface area contributed by atoms with E-state index in [4.69, 9.17) is 8.83 Å². The zero-order valence-electron chi connectivity index (χ0n) is 26.6. The Kier molecular flexibility index (Phi) is 6.20. The van der Waals surface area contributed by atoms with Gasteiger partial charge in [0, 0.05) is 21.5 Å². The Morgan fingerprint density at radius 3 is 1.19 bits per heavy atom. The lowest BCUT2D eigenvalue weighted by molar-refractivity contribution is 0.668. The van der Waals surface area contributed by atoms with Crippen LogP contribution in [0.1, 0.15) is 16.7 Å². The van der Waals surface area contributed by atoms with Crippen LogP contribution in [0.5, 0.6) is 0 Å². The molecule has 224 valence electrons. The number of aryl methyl sites for hydroxylation is 2. The third-order valence-electron chi connectivity index (χ3n) is 9.78. The van der Waals surface area contributed by atoms with E-state index in [-0.39, 0.29) is 0 Å². The minimum Gasteiger partial charge on any atom is -0.456 e. The van der Waals surface area contributed by atoms with Crippen LogP contribution in [0, 0.1) is 20.8 Å². The zero-order valence-corrected chi connectivity index (χ0v) is 26.6. The fraction of sp³-hybridized carbons (Fsp3) is 0.0667. The van der Waals surface area contributed by atoms with Crippen molar-refractivity contribution < 1.29 is 8.83 Å². The van der Waals surface area contributed by atoms with Crippen LogP contribution in [0.3, 0.4) is 0 Å². The molecular weight excluding hydrogens is 572 g/mol. The normalized spacial score (nSPS) is 11.7. The molecule has 2 heterocycles. The van der Waals surface area contributed by atoms with Gasteiger partial charge in [-0.15, -0.1) is 0 Å². The number of rotatable bonds is 4. The van der Waals surface area contributed by atoms with Gasteiger partial charge in [-0.1, -0.05) is 103 Å². The number of furan rings is 2. The maximum absolute atomic E-state index is 6.07. The van der Waals surface area contributed by atoms with Gasteiger partial charge < -0.3 is 8.83 Å². The summed E-state index contributed by atoms with van der Waals surface area (Å²) in [6, 6.07) is 49.9. The van der Waals surface area contributed by atoms with Crippen molar-refractivity contribution in [3.8, 4) is 44.5 Å². The molecule has 47 heavy (non-hydrogen) atoms. The van der Waals surface area contributed by atoms with Crippen LogP contribution in [0.2, 0.25) is 0 Å². The summed E-state index contributed by atoms with van der Waals surface area (Å²) >= 11 is 0. The summed E-state index contributed by atoms with van der Waals surface area (Å²) in [5.41, 5.74) is 17.3. The first-order chi connectivity index (χ1) is 23.0. The Bertz CT molecular complexity index is 2480. The van der Waals surface area contributed by atoms with Gasteiger partial charge in [-0.05, 0) is 118 Å². The maximum Gasteiger partial charge on any atom is 0.135 e. The summed E-state index contributed by atoms with van der Waals surface area (Å²) in [4.78, 5) is 0. The van der Waals surface area contributed by atoms with E-state index >= 15 is 0 Å². The van der Waals surface area contributed by atoms with E-state index in [1.807, 2.05) is 24.3 Å². The number of para-hydroxylation sites is 2. The van der Waals surface area contributed by atoms with Crippen molar-refractivity contribution >= 4 is 43.9 Å². The average Bonchev–Trinajstić information content (AvgIpc) is 3.66. The summed E-state index contributed by atoms with van der Waals surface area (Å²) in [6.07, 6.45) is 0. The Balaban J connectivity index is 1.05. The molecule has 7 aromatic carbocycles. The average molecular weight is 605 g/mol.